The molecule has 0 aliphatic rings. The molecule has 0 heterocycles. The van der Waals surface area contributed by atoms with Gasteiger partial charge in [0.05, 0.1) is 20.3 Å². The van der Waals surface area contributed by atoms with Crippen molar-refractivity contribution in [3.05, 3.63) is 53.6 Å². The fourth-order valence-electron chi connectivity index (χ4n) is 3.28. The van der Waals surface area contributed by atoms with Crippen molar-refractivity contribution in [1.29, 1.82) is 0 Å². The number of ether oxygens (including phenoxy) is 3. The summed E-state index contributed by atoms with van der Waals surface area (Å²) < 4.78 is 16.7. The van der Waals surface area contributed by atoms with Crippen molar-refractivity contribution < 1.29 is 19.0 Å². The second kappa shape index (κ2) is 10.4. The van der Waals surface area contributed by atoms with Crippen LogP contribution < -0.4 is 19.5 Å². The number of carbonyl (C=O) groups is 1. The van der Waals surface area contributed by atoms with Gasteiger partial charge in [-0.3, -0.25) is 4.79 Å². The molecule has 0 saturated carbocycles. The minimum Gasteiger partial charge on any atom is -0.493 e. The van der Waals surface area contributed by atoms with Crippen LogP contribution in [0.1, 0.15) is 64.6 Å². The lowest BCUT2D eigenvalue weighted by Gasteiger charge is -2.24. The van der Waals surface area contributed by atoms with Crippen molar-refractivity contribution in [2.75, 3.05) is 14.2 Å². The van der Waals surface area contributed by atoms with Crippen LogP contribution >= 0.6 is 0 Å². The van der Waals surface area contributed by atoms with Gasteiger partial charge >= 0.3 is 0 Å². The maximum absolute atomic E-state index is 12.9. The molecule has 0 radical (unpaired) electrons. The zero-order valence-corrected chi connectivity index (χ0v) is 19.2. The number of methoxy groups -OCH3 is 2. The molecule has 30 heavy (non-hydrogen) atoms. The number of nitrogens with one attached hydrogen (secondary N) is 1. The molecular formula is C25H35NO4. The summed E-state index contributed by atoms with van der Waals surface area (Å²) in [4.78, 5) is 12.9. The third kappa shape index (κ3) is 5.91. The Morgan fingerprint density at radius 3 is 2.07 bits per heavy atom. The Morgan fingerprint density at radius 2 is 1.57 bits per heavy atom. The maximum atomic E-state index is 12.9. The predicted octanol–water partition coefficient (Wildman–Crippen LogP) is 5.43. The molecule has 0 spiro atoms. The van der Waals surface area contributed by atoms with Gasteiger partial charge in [-0.2, -0.15) is 0 Å². The van der Waals surface area contributed by atoms with Crippen LogP contribution in [0, 0.1) is 0 Å². The Labute approximate surface area is 180 Å². The summed E-state index contributed by atoms with van der Waals surface area (Å²) in [6.45, 7) is 10.5. The summed E-state index contributed by atoms with van der Waals surface area (Å²) in [6.07, 6.45) is 0.771. The summed E-state index contributed by atoms with van der Waals surface area (Å²) >= 11 is 0. The summed E-state index contributed by atoms with van der Waals surface area (Å²) in [6, 6.07) is 13.5. The van der Waals surface area contributed by atoms with Crippen molar-refractivity contribution in [3.8, 4) is 17.2 Å². The number of rotatable bonds is 9. The smallest absolute Gasteiger partial charge is 0.261 e. The highest BCUT2D eigenvalue weighted by Crippen LogP contribution is 2.31. The van der Waals surface area contributed by atoms with Gasteiger partial charge in [-0.05, 0) is 53.6 Å². The van der Waals surface area contributed by atoms with Crippen molar-refractivity contribution in [1.82, 2.24) is 5.32 Å². The molecule has 0 saturated heterocycles. The lowest BCUT2D eigenvalue weighted by molar-refractivity contribution is -0.128. The highest BCUT2D eigenvalue weighted by Gasteiger charge is 2.23. The lowest BCUT2D eigenvalue weighted by atomic mass is 9.87. The van der Waals surface area contributed by atoms with E-state index in [1.807, 2.05) is 44.2 Å². The fourth-order valence-corrected chi connectivity index (χ4v) is 3.28. The van der Waals surface area contributed by atoms with E-state index in [-0.39, 0.29) is 17.4 Å². The van der Waals surface area contributed by atoms with Crippen molar-refractivity contribution in [2.24, 2.45) is 0 Å². The molecule has 1 amide bonds. The first-order valence-corrected chi connectivity index (χ1v) is 10.5. The topological polar surface area (TPSA) is 56.8 Å². The minimum atomic E-state index is -0.556. The fraction of sp³-hybridized carbons (Fsp3) is 0.480. The second-order valence-electron chi connectivity index (χ2n) is 8.37. The van der Waals surface area contributed by atoms with E-state index in [1.54, 1.807) is 14.2 Å². The molecule has 0 aromatic heterocycles. The molecule has 5 heteroatoms. The lowest BCUT2D eigenvalue weighted by Crippen LogP contribution is -2.40. The SMILES string of the molecule is CCC(Oc1ccc(C(C)(C)C)cc1)C(=O)NC(CC)c1ccc(OC)c(OC)c1. The van der Waals surface area contributed by atoms with Gasteiger partial charge in [0.25, 0.3) is 5.91 Å². The quantitative estimate of drug-likeness (QED) is 0.596. The van der Waals surface area contributed by atoms with Gasteiger partial charge in [-0.15, -0.1) is 0 Å². The molecule has 5 nitrogen and oxygen atoms in total. The highest BCUT2D eigenvalue weighted by molar-refractivity contribution is 5.81. The van der Waals surface area contributed by atoms with Gasteiger partial charge in [-0.1, -0.05) is 52.8 Å². The first-order chi connectivity index (χ1) is 14.2. The Morgan fingerprint density at radius 1 is 0.933 bits per heavy atom. The Kier molecular flexibility index (Phi) is 8.16. The largest absolute Gasteiger partial charge is 0.493 e. The first-order valence-electron chi connectivity index (χ1n) is 10.5. The molecule has 2 aromatic rings. The van der Waals surface area contributed by atoms with Crippen LogP contribution in [0.25, 0.3) is 0 Å². The van der Waals surface area contributed by atoms with Gasteiger partial charge in [0, 0.05) is 0 Å². The van der Waals surface area contributed by atoms with Crippen LogP contribution in [0.15, 0.2) is 42.5 Å². The zero-order chi connectivity index (χ0) is 22.3. The normalized spacial score (nSPS) is 13.3. The molecule has 0 aliphatic heterocycles. The zero-order valence-electron chi connectivity index (χ0n) is 19.2. The average Bonchev–Trinajstić information content (AvgIpc) is 2.74. The van der Waals surface area contributed by atoms with E-state index in [1.165, 1.54) is 5.56 Å². The molecule has 0 bridgehead atoms. The summed E-state index contributed by atoms with van der Waals surface area (Å²) in [5, 5.41) is 3.12. The molecule has 2 aromatic carbocycles. The molecule has 0 aliphatic carbocycles. The molecule has 2 rings (SSSR count). The van der Waals surface area contributed by atoms with Crippen LogP contribution in [-0.4, -0.2) is 26.2 Å². The summed E-state index contributed by atoms with van der Waals surface area (Å²) in [5.74, 6) is 1.88. The van der Waals surface area contributed by atoms with E-state index in [4.69, 9.17) is 14.2 Å². The summed E-state index contributed by atoms with van der Waals surface area (Å²) in [5.41, 5.74) is 2.27. The predicted molar refractivity (Wildman–Crippen MR) is 121 cm³/mol. The third-order valence-corrected chi connectivity index (χ3v) is 5.20. The van der Waals surface area contributed by atoms with Crippen LogP contribution in [0.4, 0.5) is 0 Å². The molecule has 164 valence electrons. The first kappa shape index (κ1) is 23.6. The Balaban J connectivity index is 2.11. The van der Waals surface area contributed by atoms with Crippen molar-refractivity contribution in [3.63, 3.8) is 0 Å². The van der Waals surface area contributed by atoms with Crippen LogP contribution in [-0.2, 0) is 10.2 Å². The number of carbonyl (C=O) groups excluding carboxylic acids is 1. The molecule has 0 fully saturated rings. The monoisotopic (exact) mass is 413 g/mol. The van der Waals surface area contributed by atoms with E-state index < -0.39 is 6.10 Å². The van der Waals surface area contributed by atoms with Crippen LogP contribution in [0.3, 0.4) is 0 Å². The highest BCUT2D eigenvalue weighted by atomic mass is 16.5. The number of amides is 1. The number of hydrogen-bond donors (Lipinski definition) is 1. The van der Waals surface area contributed by atoms with E-state index in [2.05, 4.69) is 38.2 Å². The minimum absolute atomic E-state index is 0.0772. The van der Waals surface area contributed by atoms with Gasteiger partial charge < -0.3 is 19.5 Å². The molecule has 2 unspecified atom stereocenters. The van der Waals surface area contributed by atoms with Gasteiger partial charge in [0.1, 0.15) is 5.75 Å². The third-order valence-electron chi connectivity index (χ3n) is 5.20. The Hall–Kier alpha value is -2.69. The van der Waals surface area contributed by atoms with Gasteiger partial charge in [-0.25, -0.2) is 0 Å². The number of benzene rings is 2. The average molecular weight is 414 g/mol. The van der Waals surface area contributed by atoms with Crippen LogP contribution in [0.2, 0.25) is 0 Å². The molecule has 2 atom stereocenters. The van der Waals surface area contributed by atoms with Crippen LogP contribution in [0.5, 0.6) is 17.2 Å². The second-order valence-corrected chi connectivity index (χ2v) is 8.37. The standard InChI is InChI=1S/C25H35NO4/c1-8-20(17-10-15-22(28-6)23(16-17)29-7)26-24(27)21(9-2)30-19-13-11-18(12-14-19)25(3,4)5/h10-16,20-21H,8-9H2,1-7H3,(H,26,27). The van der Waals surface area contributed by atoms with E-state index in [9.17, 15) is 4.79 Å². The Bertz CT molecular complexity index is 824. The van der Waals surface area contributed by atoms with E-state index in [0.717, 1.165) is 12.0 Å². The molecule has 1 N–H and O–H groups in total. The molecular weight excluding hydrogens is 378 g/mol. The van der Waals surface area contributed by atoms with Crippen molar-refractivity contribution in [2.45, 2.75) is 65.0 Å². The number of hydrogen-bond acceptors (Lipinski definition) is 4. The summed E-state index contributed by atoms with van der Waals surface area (Å²) in [7, 11) is 3.21. The van der Waals surface area contributed by atoms with E-state index >= 15 is 0 Å². The van der Waals surface area contributed by atoms with Crippen molar-refractivity contribution >= 4 is 5.91 Å². The van der Waals surface area contributed by atoms with Gasteiger partial charge in [0.2, 0.25) is 0 Å². The van der Waals surface area contributed by atoms with E-state index in [0.29, 0.717) is 23.7 Å². The van der Waals surface area contributed by atoms with Gasteiger partial charge in [0.15, 0.2) is 17.6 Å². The maximum Gasteiger partial charge on any atom is 0.261 e.